The number of halogens is 3. The number of nitriles is 1. The molecule has 10 heteroatoms. The van der Waals surface area contributed by atoms with Gasteiger partial charge in [-0.3, -0.25) is 9.59 Å². The van der Waals surface area contributed by atoms with Crippen molar-refractivity contribution in [3.05, 3.63) is 29.3 Å². The first kappa shape index (κ1) is 24.3. The highest BCUT2D eigenvalue weighted by Gasteiger charge is 2.49. The third-order valence-electron chi connectivity index (χ3n) is 7.10. The van der Waals surface area contributed by atoms with Crippen LogP contribution in [0.5, 0.6) is 0 Å². The third-order valence-corrected chi connectivity index (χ3v) is 7.10. The smallest absolute Gasteiger partial charge is 0.372 e. The molecule has 2 heterocycles. The SMILES string of the molecule is CCOCC(=O)N1CCC2(CC1)CC(C(=O)NC1CC1)N(c1ccc(C#N)c(C(F)(F)F)c1)C2. The normalized spacial score (nSPS) is 22.0. The lowest BCUT2D eigenvalue weighted by atomic mass is 9.76. The van der Waals surface area contributed by atoms with E-state index in [1.54, 1.807) is 15.9 Å². The van der Waals surface area contributed by atoms with Crippen LogP contribution in [0.3, 0.4) is 0 Å². The van der Waals surface area contributed by atoms with Crippen molar-refractivity contribution in [2.45, 2.75) is 57.3 Å². The van der Waals surface area contributed by atoms with Gasteiger partial charge < -0.3 is 19.9 Å². The van der Waals surface area contributed by atoms with Gasteiger partial charge in [0.05, 0.1) is 17.2 Å². The minimum atomic E-state index is -4.67. The molecule has 0 radical (unpaired) electrons. The van der Waals surface area contributed by atoms with Crippen LogP contribution in [0.4, 0.5) is 18.9 Å². The molecule has 0 bridgehead atoms. The quantitative estimate of drug-likeness (QED) is 0.679. The number of likely N-dealkylation sites (tertiary alicyclic amines) is 1. The van der Waals surface area contributed by atoms with Gasteiger partial charge in [0, 0.05) is 38.0 Å². The molecule has 1 saturated carbocycles. The summed E-state index contributed by atoms with van der Waals surface area (Å²) >= 11 is 0. The van der Waals surface area contributed by atoms with E-state index >= 15 is 0 Å². The lowest BCUT2D eigenvalue weighted by Crippen LogP contribution is -2.45. The lowest BCUT2D eigenvalue weighted by Gasteiger charge is -2.39. The predicted octanol–water partition coefficient (Wildman–Crippen LogP) is 3.08. The largest absolute Gasteiger partial charge is 0.417 e. The summed E-state index contributed by atoms with van der Waals surface area (Å²) in [5.74, 6) is -0.247. The van der Waals surface area contributed by atoms with Crippen molar-refractivity contribution in [1.82, 2.24) is 10.2 Å². The summed E-state index contributed by atoms with van der Waals surface area (Å²) in [6, 6.07) is 4.79. The fraction of sp³-hybridized carbons (Fsp3) is 0.625. The first-order chi connectivity index (χ1) is 16.2. The Kier molecular flexibility index (Phi) is 6.76. The Morgan fingerprint density at radius 2 is 1.97 bits per heavy atom. The second-order valence-electron chi connectivity index (χ2n) is 9.49. The molecule has 2 aliphatic heterocycles. The maximum Gasteiger partial charge on any atom is 0.417 e. The summed E-state index contributed by atoms with van der Waals surface area (Å²) < 4.78 is 46.0. The van der Waals surface area contributed by atoms with E-state index in [0.717, 1.165) is 18.9 Å². The Balaban J connectivity index is 1.57. The van der Waals surface area contributed by atoms with Gasteiger partial charge in [-0.05, 0) is 62.6 Å². The summed E-state index contributed by atoms with van der Waals surface area (Å²) in [5, 5.41) is 12.1. The molecule has 3 fully saturated rings. The number of nitrogens with one attached hydrogen (secondary N) is 1. The van der Waals surface area contributed by atoms with Crippen LogP contribution in [-0.4, -0.2) is 61.6 Å². The van der Waals surface area contributed by atoms with Gasteiger partial charge in [-0.1, -0.05) is 0 Å². The van der Waals surface area contributed by atoms with Gasteiger partial charge in [-0.2, -0.15) is 18.4 Å². The minimum Gasteiger partial charge on any atom is -0.372 e. The summed E-state index contributed by atoms with van der Waals surface area (Å²) in [7, 11) is 0. The van der Waals surface area contributed by atoms with Crippen LogP contribution in [0.2, 0.25) is 0 Å². The van der Waals surface area contributed by atoms with Crippen LogP contribution in [-0.2, 0) is 20.5 Å². The van der Waals surface area contributed by atoms with E-state index in [1.807, 2.05) is 6.92 Å². The molecule has 1 aliphatic carbocycles. The highest BCUT2D eigenvalue weighted by atomic mass is 19.4. The van der Waals surface area contributed by atoms with Gasteiger partial charge in [0.2, 0.25) is 11.8 Å². The number of ether oxygens (including phenoxy) is 1. The Labute approximate surface area is 196 Å². The summed E-state index contributed by atoms with van der Waals surface area (Å²) in [5.41, 5.74) is -1.43. The molecule has 1 atom stereocenters. The fourth-order valence-electron chi connectivity index (χ4n) is 5.00. The van der Waals surface area contributed by atoms with Crippen LogP contribution >= 0.6 is 0 Å². The molecule has 1 aromatic rings. The molecule has 2 saturated heterocycles. The average molecular weight is 479 g/mol. The molecule has 34 heavy (non-hydrogen) atoms. The molecule has 7 nitrogen and oxygen atoms in total. The maximum atomic E-state index is 13.6. The Morgan fingerprint density at radius 3 is 2.56 bits per heavy atom. The highest BCUT2D eigenvalue weighted by molar-refractivity contribution is 5.87. The van der Waals surface area contributed by atoms with E-state index in [0.29, 0.717) is 45.5 Å². The van der Waals surface area contributed by atoms with E-state index in [-0.39, 0.29) is 35.6 Å². The van der Waals surface area contributed by atoms with Crippen LogP contribution in [0, 0.1) is 16.7 Å². The summed E-state index contributed by atoms with van der Waals surface area (Å²) in [4.78, 5) is 28.9. The predicted molar refractivity (Wildman–Crippen MR) is 118 cm³/mol. The van der Waals surface area contributed by atoms with Gasteiger partial charge in [-0.15, -0.1) is 0 Å². The Hall–Kier alpha value is -2.80. The monoisotopic (exact) mass is 478 g/mol. The number of carbonyl (C=O) groups is 2. The zero-order valence-electron chi connectivity index (χ0n) is 19.2. The third kappa shape index (κ3) is 5.14. The second-order valence-corrected chi connectivity index (χ2v) is 9.49. The topological polar surface area (TPSA) is 85.7 Å². The molecule has 0 aromatic heterocycles. The molecule has 2 amide bonds. The van der Waals surface area contributed by atoms with Gasteiger partial charge in [0.25, 0.3) is 0 Å². The number of hydrogen-bond acceptors (Lipinski definition) is 5. The number of rotatable bonds is 6. The van der Waals surface area contributed by atoms with Crippen molar-refractivity contribution in [3.63, 3.8) is 0 Å². The first-order valence-electron chi connectivity index (χ1n) is 11.7. The van der Waals surface area contributed by atoms with Gasteiger partial charge in [0.1, 0.15) is 12.6 Å². The van der Waals surface area contributed by atoms with Gasteiger partial charge in [0.15, 0.2) is 0 Å². The standard InChI is InChI=1S/C24H29F3N4O3/c1-2-34-14-21(32)30-9-7-23(8-10-30)12-20(22(33)29-17-4-5-17)31(15-23)18-6-3-16(13-28)19(11-18)24(25,26)27/h3,6,11,17,20H,2,4-5,7-10,12,14-15H2,1H3,(H,29,33). The molecule has 3 aliphatic rings. The molecule has 1 unspecified atom stereocenters. The molecule has 4 rings (SSSR count). The number of carbonyl (C=O) groups excluding carboxylic acids is 2. The second kappa shape index (κ2) is 9.45. The van der Waals surface area contributed by atoms with Crippen molar-refractivity contribution < 1.29 is 27.5 Å². The number of anilines is 1. The number of alkyl halides is 3. The van der Waals surface area contributed by atoms with E-state index in [1.165, 1.54) is 12.1 Å². The Morgan fingerprint density at radius 1 is 1.26 bits per heavy atom. The molecule has 1 aromatic carbocycles. The average Bonchev–Trinajstić information content (AvgIpc) is 3.55. The molecular formula is C24H29F3N4O3. The van der Waals surface area contributed by atoms with Crippen LogP contribution < -0.4 is 10.2 Å². The number of piperidine rings is 1. The van der Waals surface area contributed by atoms with Crippen LogP contribution in [0.15, 0.2) is 18.2 Å². The zero-order valence-corrected chi connectivity index (χ0v) is 19.2. The van der Waals surface area contributed by atoms with E-state index in [2.05, 4.69) is 5.32 Å². The minimum absolute atomic E-state index is 0.0352. The Bertz CT molecular complexity index is 979. The van der Waals surface area contributed by atoms with E-state index in [9.17, 15) is 22.8 Å². The van der Waals surface area contributed by atoms with Crippen LogP contribution in [0.25, 0.3) is 0 Å². The lowest BCUT2D eigenvalue weighted by molar-refractivity contribution is -0.138. The van der Waals surface area contributed by atoms with Crippen molar-refractivity contribution in [3.8, 4) is 6.07 Å². The number of amides is 2. The highest BCUT2D eigenvalue weighted by Crippen LogP contribution is 2.46. The maximum absolute atomic E-state index is 13.6. The summed E-state index contributed by atoms with van der Waals surface area (Å²) in [6.45, 7) is 3.79. The number of hydrogen-bond donors (Lipinski definition) is 1. The van der Waals surface area contributed by atoms with Gasteiger partial charge in [-0.25, -0.2) is 0 Å². The molecule has 1 N–H and O–H groups in total. The number of nitrogens with zero attached hydrogens (tertiary/aromatic N) is 3. The molecular weight excluding hydrogens is 449 g/mol. The van der Waals surface area contributed by atoms with Crippen molar-refractivity contribution >= 4 is 17.5 Å². The van der Waals surface area contributed by atoms with Crippen LogP contribution in [0.1, 0.15) is 50.2 Å². The van der Waals surface area contributed by atoms with Crippen molar-refractivity contribution in [2.24, 2.45) is 5.41 Å². The van der Waals surface area contributed by atoms with E-state index in [4.69, 9.17) is 10.00 Å². The van der Waals surface area contributed by atoms with Gasteiger partial charge >= 0.3 is 6.18 Å². The summed E-state index contributed by atoms with van der Waals surface area (Å²) in [6.07, 6.45) is -1.00. The first-order valence-corrected chi connectivity index (χ1v) is 11.7. The molecule has 184 valence electrons. The van der Waals surface area contributed by atoms with Crippen molar-refractivity contribution in [2.75, 3.05) is 37.7 Å². The zero-order chi connectivity index (χ0) is 24.5. The molecule has 1 spiro atoms. The van der Waals surface area contributed by atoms with Crippen molar-refractivity contribution in [1.29, 1.82) is 5.26 Å². The number of benzene rings is 1. The fourth-order valence-corrected chi connectivity index (χ4v) is 5.00. The van der Waals surface area contributed by atoms with E-state index < -0.39 is 23.3 Å².